The van der Waals surface area contributed by atoms with Crippen LogP contribution in [-0.2, 0) is 20.9 Å². The van der Waals surface area contributed by atoms with E-state index in [2.05, 4.69) is 31.0 Å². The molecule has 3 N–H and O–H groups in total. The monoisotopic (exact) mass is 591 g/mol. The molecule has 0 fully saturated rings. The Balaban J connectivity index is 1.51. The third-order valence-electron chi connectivity index (χ3n) is 5.77. The van der Waals surface area contributed by atoms with Crippen molar-refractivity contribution in [1.82, 2.24) is 15.0 Å². The Labute approximate surface area is 224 Å². The molecule has 0 aliphatic heterocycles. The summed E-state index contributed by atoms with van der Waals surface area (Å²) in [7, 11) is 0. The van der Waals surface area contributed by atoms with Crippen molar-refractivity contribution in [3.05, 3.63) is 74.6 Å². The van der Waals surface area contributed by atoms with Crippen molar-refractivity contribution in [3.63, 3.8) is 0 Å². The van der Waals surface area contributed by atoms with Crippen LogP contribution in [-0.4, -0.2) is 44.1 Å². The number of fused-ring (bicyclic) bond motifs is 3. The number of rotatable bonds is 8. The van der Waals surface area contributed by atoms with Gasteiger partial charge in [-0.15, -0.1) is 16.1 Å². The number of hydrogen-bond acceptors (Lipinski definition) is 7. The standard InChI is InChI=1S/C25H26BrN3O5S2/c1-25(2,3)36(33)29-20(22-27-19(26)13-35-22)21(23(30)31)28-24(32)34-12-18-16-10-6-4-8-14(16)15-9-5-7-11-17(15)18/h4-11,13,18,20-21,29H,12H2,1-3H3,(H,28,32)(H,30,31)/t20?,21?,36-/m0/s1. The van der Waals surface area contributed by atoms with Gasteiger partial charge >= 0.3 is 12.1 Å². The van der Waals surface area contributed by atoms with E-state index >= 15 is 0 Å². The third kappa shape index (κ3) is 5.76. The number of alkyl carbamates (subject to hydrolysis) is 1. The molecule has 1 amide bonds. The second-order valence-corrected chi connectivity index (χ2v) is 13.0. The molecule has 190 valence electrons. The zero-order valence-corrected chi connectivity index (χ0v) is 23.1. The van der Waals surface area contributed by atoms with Crippen molar-refractivity contribution in [1.29, 1.82) is 0 Å². The first kappa shape index (κ1) is 26.6. The molecule has 8 nitrogen and oxygen atoms in total. The number of aliphatic carboxylic acids is 1. The molecule has 11 heteroatoms. The summed E-state index contributed by atoms with van der Waals surface area (Å²) in [5.41, 5.74) is 4.28. The van der Waals surface area contributed by atoms with E-state index in [-0.39, 0.29) is 12.5 Å². The fourth-order valence-electron chi connectivity index (χ4n) is 4.02. The molecular formula is C25H26BrN3O5S2. The zero-order chi connectivity index (χ0) is 26.0. The van der Waals surface area contributed by atoms with Crippen LogP contribution in [0.4, 0.5) is 4.79 Å². The van der Waals surface area contributed by atoms with Crippen LogP contribution in [0.3, 0.4) is 0 Å². The van der Waals surface area contributed by atoms with E-state index in [0.29, 0.717) is 9.61 Å². The SMILES string of the molecule is CC(C)(C)[S@+]([O-])NC(c1nc(Br)cs1)C(NC(=O)OCC1c2ccccc2-c2ccccc21)C(=O)O. The summed E-state index contributed by atoms with van der Waals surface area (Å²) < 4.78 is 21.1. The van der Waals surface area contributed by atoms with Gasteiger partial charge in [-0.1, -0.05) is 48.5 Å². The average Bonchev–Trinajstić information content (AvgIpc) is 3.40. The lowest BCUT2D eigenvalue weighted by Crippen LogP contribution is -2.53. The van der Waals surface area contributed by atoms with Crippen molar-refractivity contribution in [3.8, 4) is 11.1 Å². The molecule has 1 aliphatic rings. The largest absolute Gasteiger partial charge is 0.598 e. The fraction of sp³-hybridized carbons (Fsp3) is 0.320. The highest BCUT2D eigenvalue weighted by Gasteiger charge is 2.40. The van der Waals surface area contributed by atoms with Crippen LogP contribution in [0.5, 0.6) is 0 Å². The fourth-order valence-corrected chi connectivity index (χ4v) is 6.28. The molecule has 0 bridgehead atoms. The molecule has 0 spiro atoms. The number of carbonyl (C=O) groups is 2. The van der Waals surface area contributed by atoms with Crippen LogP contribution in [0.25, 0.3) is 11.1 Å². The van der Waals surface area contributed by atoms with Crippen molar-refractivity contribution in [2.75, 3.05) is 6.61 Å². The Morgan fingerprint density at radius 3 is 2.25 bits per heavy atom. The van der Waals surface area contributed by atoms with E-state index in [1.807, 2.05) is 48.5 Å². The molecule has 0 radical (unpaired) electrons. The molecule has 3 aromatic rings. The molecule has 4 rings (SSSR count). The predicted octanol–water partition coefficient (Wildman–Crippen LogP) is 4.99. The number of benzene rings is 2. The first-order chi connectivity index (χ1) is 17.1. The van der Waals surface area contributed by atoms with Gasteiger partial charge in [0.15, 0.2) is 6.04 Å². The summed E-state index contributed by atoms with van der Waals surface area (Å²) in [6.07, 6.45) is -0.881. The lowest BCUT2D eigenvalue weighted by Gasteiger charge is -2.29. The maximum absolute atomic E-state index is 12.8. The molecule has 2 unspecified atom stereocenters. The van der Waals surface area contributed by atoms with E-state index in [0.717, 1.165) is 22.3 Å². The van der Waals surface area contributed by atoms with Gasteiger partial charge in [0.2, 0.25) is 0 Å². The number of halogens is 1. The van der Waals surface area contributed by atoms with Crippen LogP contribution in [0.1, 0.15) is 48.9 Å². The number of carboxylic acid groups (broad SMARTS) is 1. The minimum absolute atomic E-state index is 0.0427. The molecule has 1 aromatic heterocycles. The number of ether oxygens (including phenoxy) is 1. The van der Waals surface area contributed by atoms with Gasteiger partial charge in [0, 0.05) is 22.7 Å². The highest BCUT2D eigenvalue weighted by Crippen LogP contribution is 2.44. The minimum Gasteiger partial charge on any atom is -0.598 e. The Kier molecular flexibility index (Phi) is 8.06. The molecule has 0 saturated carbocycles. The third-order valence-corrected chi connectivity index (χ3v) is 8.98. The Hall–Kier alpha value is -2.44. The number of thiazole rings is 1. The van der Waals surface area contributed by atoms with Gasteiger partial charge in [-0.3, -0.25) is 0 Å². The summed E-state index contributed by atoms with van der Waals surface area (Å²) in [4.78, 5) is 29.4. The lowest BCUT2D eigenvalue weighted by molar-refractivity contribution is -0.140. The number of aromatic nitrogens is 1. The Morgan fingerprint density at radius 1 is 1.17 bits per heavy atom. The van der Waals surface area contributed by atoms with Gasteiger partial charge in [-0.05, 0) is 59.0 Å². The van der Waals surface area contributed by atoms with E-state index < -0.39 is 40.3 Å². The molecule has 0 saturated heterocycles. The number of carboxylic acids is 1. The maximum Gasteiger partial charge on any atom is 0.407 e. The summed E-state index contributed by atoms with van der Waals surface area (Å²) in [5, 5.41) is 14.5. The molecule has 1 aliphatic carbocycles. The number of carbonyl (C=O) groups excluding carboxylic acids is 1. The maximum atomic E-state index is 12.8. The smallest absolute Gasteiger partial charge is 0.407 e. The highest BCUT2D eigenvalue weighted by atomic mass is 79.9. The Bertz CT molecular complexity index is 1220. The van der Waals surface area contributed by atoms with E-state index in [1.165, 1.54) is 11.3 Å². The van der Waals surface area contributed by atoms with Crippen molar-refractivity contribution in [2.45, 2.75) is 43.5 Å². The van der Waals surface area contributed by atoms with Crippen molar-refractivity contribution in [2.24, 2.45) is 0 Å². The number of hydrogen-bond donors (Lipinski definition) is 3. The molecule has 36 heavy (non-hydrogen) atoms. The quantitative estimate of drug-likeness (QED) is 0.315. The van der Waals surface area contributed by atoms with E-state index in [9.17, 15) is 19.2 Å². The first-order valence-electron chi connectivity index (χ1n) is 11.2. The summed E-state index contributed by atoms with van der Waals surface area (Å²) >= 11 is 2.84. The Morgan fingerprint density at radius 2 is 1.75 bits per heavy atom. The molecule has 1 heterocycles. The number of amides is 1. The van der Waals surface area contributed by atoms with Crippen molar-refractivity contribution < 1.29 is 24.0 Å². The highest BCUT2D eigenvalue weighted by molar-refractivity contribution is 9.10. The number of nitrogens with zero attached hydrogens (tertiary/aromatic N) is 1. The normalized spacial score (nSPS) is 15.5. The summed E-state index contributed by atoms with van der Waals surface area (Å²) in [5.74, 6) is -1.47. The van der Waals surface area contributed by atoms with Crippen LogP contribution in [0, 0.1) is 0 Å². The van der Waals surface area contributed by atoms with Gasteiger partial charge < -0.3 is 19.7 Å². The molecule has 3 atom stereocenters. The second-order valence-electron chi connectivity index (χ2n) is 9.27. The van der Waals surface area contributed by atoms with Crippen LogP contribution in [0.2, 0.25) is 0 Å². The average molecular weight is 593 g/mol. The molecule has 2 aromatic carbocycles. The van der Waals surface area contributed by atoms with Crippen LogP contribution in [0.15, 0.2) is 58.5 Å². The first-order valence-corrected chi connectivity index (χ1v) is 14.0. The van der Waals surface area contributed by atoms with E-state index in [4.69, 9.17) is 4.74 Å². The van der Waals surface area contributed by atoms with Gasteiger partial charge in [-0.2, -0.15) is 0 Å². The van der Waals surface area contributed by atoms with Crippen molar-refractivity contribution >= 4 is 50.7 Å². The number of nitrogens with one attached hydrogen (secondary N) is 2. The summed E-state index contributed by atoms with van der Waals surface area (Å²) in [6.45, 7) is 5.33. The zero-order valence-electron chi connectivity index (χ0n) is 19.9. The van der Waals surface area contributed by atoms with Crippen LogP contribution < -0.4 is 10.0 Å². The van der Waals surface area contributed by atoms with Gasteiger partial charge in [0.25, 0.3) is 0 Å². The van der Waals surface area contributed by atoms with Crippen LogP contribution >= 0.6 is 27.3 Å². The second kappa shape index (κ2) is 10.9. The van der Waals surface area contributed by atoms with Gasteiger partial charge in [-0.25, -0.2) is 14.6 Å². The van der Waals surface area contributed by atoms with Gasteiger partial charge in [0.05, 0.1) is 0 Å². The topological polar surface area (TPSA) is 124 Å². The lowest BCUT2D eigenvalue weighted by atomic mass is 9.98. The van der Waals surface area contributed by atoms with E-state index in [1.54, 1.807) is 26.2 Å². The minimum atomic E-state index is -1.62. The van der Waals surface area contributed by atoms with Gasteiger partial charge in [0.1, 0.15) is 27.0 Å². The predicted molar refractivity (Wildman–Crippen MR) is 143 cm³/mol. The molecular weight excluding hydrogens is 566 g/mol. The summed E-state index contributed by atoms with van der Waals surface area (Å²) in [6, 6.07) is 13.4.